The molecular formula is C22H21ClN8O4. The largest absolute Gasteiger partial charge is 0.496 e. The smallest absolute Gasteiger partial charge is 0.273 e. The van der Waals surface area contributed by atoms with Crippen LogP contribution in [0, 0.1) is 10.1 Å². The van der Waals surface area contributed by atoms with Crippen LogP contribution in [0.3, 0.4) is 0 Å². The molecule has 0 spiro atoms. The monoisotopic (exact) mass is 496 g/mol. The lowest BCUT2D eigenvalue weighted by atomic mass is 10.1. The number of halogens is 1. The van der Waals surface area contributed by atoms with E-state index < -0.39 is 4.92 Å². The van der Waals surface area contributed by atoms with E-state index in [-0.39, 0.29) is 24.0 Å². The summed E-state index contributed by atoms with van der Waals surface area (Å²) in [5.74, 6) is 2.16. The summed E-state index contributed by atoms with van der Waals surface area (Å²) >= 11 is 0. The van der Waals surface area contributed by atoms with Gasteiger partial charge in [-0.15, -0.1) is 12.4 Å². The number of nitro benzene ring substituents is 1. The molecule has 0 saturated heterocycles. The van der Waals surface area contributed by atoms with Gasteiger partial charge < -0.3 is 19.8 Å². The van der Waals surface area contributed by atoms with Gasteiger partial charge in [-0.25, -0.2) is 5.43 Å². The fourth-order valence-electron chi connectivity index (χ4n) is 2.96. The van der Waals surface area contributed by atoms with Crippen molar-refractivity contribution in [3.05, 3.63) is 76.5 Å². The first-order valence-electron chi connectivity index (χ1n) is 10.0. The van der Waals surface area contributed by atoms with Crippen LogP contribution in [-0.2, 0) is 0 Å². The van der Waals surface area contributed by atoms with Crippen molar-refractivity contribution >= 4 is 47.8 Å². The molecule has 0 amide bonds. The molecule has 35 heavy (non-hydrogen) atoms. The summed E-state index contributed by atoms with van der Waals surface area (Å²) in [5.41, 5.74) is 4.09. The fourth-order valence-corrected chi connectivity index (χ4v) is 2.96. The predicted octanol–water partition coefficient (Wildman–Crippen LogP) is 4.70. The summed E-state index contributed by atoms with van der Waals surface area (Å²) in [5, 5.41) is 21.1. The molecule has 0 fully saturated rings. The van der Waals surface area contributed by atoms with Crippen LogP contribution in [0.5, 0.6) is 5.75 Å². The number of rotatable bonds is 9. The zero-order chi connectivity index (χ0) is 23.9. The fraction of sp³-hybridized carbons (Fsp3) is 0.0909. The van der Waals surface area contributed by atoms with Crippen molar-refractivity contribution < 1.29 is 14.1 Å². The summed E-state index contributed by atoms with van der Waals surface area (Å²) in [7, 11) is 3.14. The van der Waals surface area contributed by atoms with E-state index in [9.17, 15) is 10.1 Å². The minimum atomic E-state index is -0.486. The highest BCUT2D eigenvalue weighted by Gasteiger charge is 2.15. The second-order valence-electron chi connectivity index (χ2n) is 6.76. The molecule has 2 aromatic heterocycles. The van der Waals surface area contributed by atoms with Crippen LogP contribution in [0.1, 0.15) is 5.76 Å². The number of nitrogens with zero attached hydrogens (tertiary/aromatic N) is 5. The van der Waals surface area contributed by atoms with Crippen LogP contribution >= 0.6 is 12.4 Å². The highest BCUT2D eigenvalue weighted by Crippen LogP contribution is 2.34. The summed E-state index contributed by atoms with van der Waals surface area (Å²) < 4.78 is 11.1. The molecule has 2 heterocycles. The summed E-state index contributed by atoms with van der Waals surface area (Å²) in [6.07, 6.45) is 1.45. The molecule has 0 saturated carbocycles. The Morgan fingerprint density at radius 2 is 1.77 bits per heavy atom. The molecule has 4 aromatic rings. The molecule has 0 aliphatic rings. The van der Waals surface area contributed by atoms with Crippen molar-refractivity contribution in [3.63, 3.8) is 0 Å². The Kier molecular flexibility index (Phi) is 8.14. The van der Waals surface area contributed by atoms with Crippen molar-refractivity contribution in [2.75, 3.05) is 30.2 Å². The molecular weight excluding hydrogens is 476 g/mol. The second-order valence-corrected chi connectivity index (χ2v) is 6.76. The normalized spacial score (nSPS) is 10.5. The van der Waals surface area contributed by atoms with Gasteiger partial charge in [0.05, 0.1) is 29.9 Å². The number of nitro groups is 1. The Bertz CT molecular complexity index is 1330. The van der Waals surface area contributed by atoms with Gasteiger partial charge in [0.2, 0.25) is 17.8 Å². The van der Waals surface area contributed by atoms with E-state index in [4.69, 9.17) is 9.15 Å². The minimum absolute atomic E-state index is 0. The van der Waals surface area contributed by atoms with E-state index in [1.165, 1.54) is 25.5 Å². The lowest BCUT2D eigenvalue weighted by Gasteiger charge is -2.08. The van der Waals surface area contributed by atoms with E-state index in [1.807, 2.05) is 30.3 Å². The molecule has 2 aromatic carbocycles. The quantitative estimate of drug-likeness (QED) is 0.169. The third-order valence-electron chi connectivity index (χ3n) is 4.53. The maximum Gasteiger partial charge on any atom is 0.273 e. The van der Waals surface area contributed by atoms with Crippen LogP contribution in [0.25, 0.3) is 11.3 Å². The summed E-state index contributed by atoms with van der Waals surface area (Å²) in [4.78, 5) is 23.3. The molecule has 13 heteroatoms. The Labute approximate surface area is 206 Å². The number of methoxy groups -OCH3 is 1. The molecule has 12 nitrogen and oxygen atoms in total. The Morgan fingerprint density at radius 1 is 1.03 bits per heavy atom. The van der Waals surface area contributed by atoms with Crippen LogP contribution in [-0.4, -0.2) is 40.2 Å². The number of nitrogens with one attached hydrogen (secondary N) is 3. The Morgan fingerprint density at radius 3 is 2.49 bits per heavy atom. The number of furan rings is 1. The molecule has 180 valence electrons. The van der Waals surface area contributed by atoms with Crippen LogP contribution in [0.4, 0.5) is 29.2 Å². The number of benzene rings is 2. The highest BCUT2D eigenvalue weighted by atomic mass is 35.5. The van der Waals surface area contributed by atoms with Crippen LogP contribution in [0.2, 0.25) is 0 Å². The van der Waals surface area contributed by atoms with Crippen molar-refractivity contribution in [2.24, 2.45) is 5.10 Å². The topological polar surface area (TPSA) is 153 Å². The van der Waals surface area contributed by atoms with Gasteiger partial charge >= 0.3 is 0 Å². The highest BCUT2D eigenvalue weighted by molar-refractivity contribution is 5.85. The lowest BCUT2D eigenvalue weighted by Crippen LogP contribution is -2.07. The first-order valence-corrected chi connectivity index (χ1v) is 10.0. The first-order chi connectivity index (χ1) is 16.6. The maximum absolute atomic E-state index is 11.0. The van der Waals surface area contributed by atoms with Gasteiger partial charge in [0, 0.05) is 18.8 Å². The third kappa shape index (κ3) is 6.21. The van der Waals surface area contributed by atoms with E-state index >= 15 is 0 Å². The third-order valence-corrected chi connectivity index (χ3v) is 4.53. The van der Waals surface area contributed by atoms with Gasteiger partial charge in [-0.3, -0.25) is 10.1 Å². The molecule has 3 N–H and O–H groups in total. The maximum atomic E-state index is 11.0. The number of hydrogen-bond donors (Lipinski definition) is 3. The van der Waals surface area contributed by atoms with Crippen LogP contribution in [0.15, 0.2) is 70.2 Å². The first kappa shape index (κ1) is 24.9. The van der Waals surface area contributed by atoms with Gasteiger partial charge in [-0.2, -0.15) is 20.1 Å². The number of para-hydroxylation sites is 1. The van der Waals surface area contributed by atoms with Crippen molar-refractivity contribution in [1.82, 2.24) is 15.0 Å². The lowest BCUT2D eigenvalue weighted by molar-refractivity contribution is -0.384. The van der Waals surface area contributed by atoms with Gasteiger partial charge in [0.1, 0.15) is 17.3 Å². The molecule has 4 rings (SSSR count). The molecule has 0 atom stereocenters. The summed E-state index contributed by atoms with van der Waals surface area (Å²) in [6.45, 7) is 0. The number of hydrogen-bond acceptors (Lipinski definition) is 11. The van der Waals surface area contributed by atoms with Gasteiger partial charge in [-0.05, 0) is 30.3 Å². The molecule has 0 aliphatic heterocycles. The van der Waals surface area contributed by atoms with Crippen LogP contribution < -0.4 is 20.8 Å². The molecule has 0 bridgehead atoms. The molecule has 0 aliphatic carbocycles. The molecule has 0 radical (unpaired) electrons. The standard InChI is InChI=1S/C22H20N8O4.ClH/c1-23-20-26-21(25-14-6-4-3-5-7-14)28-22(27-20)29-24-13-16-9-11-18(34-16)17-10-8-15(30(31)32)12-19(17)33-2;/h3-13H,1-2H3,(H3,23,25,26,27,28,29);1H. The zero-order valence-electron chi connectivity index (χ0n) is 18.6. The minimum Gasteiger partial charge on any atom is -0.496 e. The van der Waals surface area contributed by atoms with Gasteiger partial charge in [-0.1, -0.05) is 18.2 Å². The van der Waals surface area contributed by atoms with Gasteiger partial charge in [0.25, 0.3) is 5.69 Å². The molecule has 0 unspecified atom stereocenters. The predicted molar refractivity (Wildman–Crippen MR) is 135 cm³/mol. The number of hydrazone groups is 1. The number of non-ortho nitro benzene ring substituents is 1. The van der Waals surface area contributed by atoms with Crippen molar-refractivity contribution in [1.29, 1.82) is 0 Å². The number of anilines is 4. The average Bonchev–Trinajstić information content (AvgIpc) is 3.32. The Hall–Kier alpha value is -4.71. The van der Waals surface area contributed by atoms with E-state index in [0.29, 0.717) is 34.7 Å². The number of ether oxygens (including phenoxy) is 1. The summed E-state index contributed by atoms with van der Waals surface area (Å²) in [6, 6.07) is 17.2. The van der Waals surface area contributed by atoms with Crippen molar-refractivity contribution in [2.45, 2.75) is 0 Å². The van der Waals surface area contributed by atoms with E-state index in [1.54, 1.807) is 25.2 Å². The second kappa shape index (κ2) is 11.4. The number of aromatic nitrogens is 3. The van der Waals surface area contributed by atoms with Crippen molar-refractivity contribution in [3.8, 4) is 17.1 Å². The average molecular weight is 497 g/mol. The Balaban J connectivity index is 0.00000342. The zero-order valence-corrected chi connectivity index (χ0v) is 19.4. The van der Waals surface area contributed by atoms with E-state index in [2.05, 4.69) is 36.1 Å². The van der Waals surface area contributed by atoms with Gasteiger partial charge in [0.15, 0.2) is 0 Å². The SMILES string of the molecule is CNc1nc(NN=Cc2ccc(-c3ccc([N+](=O)[O-])cc3OC)o2)nc(Nc2ccccc2)n1.Cl. The van der Waals surface area contributed by atoms with E-state index in [0.717, 1.165) is 5.69 Å².